The summed E-state index contributed by atoms with van der Waals surface area (Å²) in [4.78, 5) is 2.58. The first-order chi connectivity index (χ1) is 9.92. The maximum Gasteiger partial charge on any atom is 0.446 e. The number of rotatable bonds is 5. The number of hydrogen-bond donors (Lipinski definition) is 1. The van der Waals surface area contributed by atoms with Gasteiger partial charge in [0.25, 0.3) is 0 Å². The lowest BCUT2D eigenvalue weighted by Gasteiger charge is -2.29. The normalized spacial score (nSPS) is 20.7. The molecule has 0 aromatic heterocycles. The molecular formula is C15H21F3N2S. The van der Waals surface area contributed by atoms with E-state index in [1.54, 1.807) is 12.1 Å². The third kappa shape index (κ3) is 6.28. The molecule has 1 fully saturated rings. The van der Waals surface area contributed by atoms with Crippen LogP contribution in [0.15, 0.2) is 29.2 Å². The molecule has 1 aromatic carbocycles. The molecular weight excluding hydrogens is 297 g/mol. The fraction of sp³-hybridized carbons (Fsp3) is 0.600. The molecule has 0 radical (unpaired) electrons. The molecule has 1 unspecified atom stereocenters. The summed E-state index contributed by atoms with van der Waals surface area (Å²) in [5, 5.41) is 3.40. The highest BCUT2D eigenvalue weighted by Gasteiger charge is 2.28. The van der Waals surface area contributed by atoms with E-state index in [9.17, 15) is 13.2 Å². The Morgan fingerprint density at radius 3 is 2.62 bits per heavy atom. The lowest BCUT2D eigenvalue weighted by Crippen LogP contribution is -2.37. The van der Waals surface area contributed by atoms with Gasteiger partial charge in [0.1, 0.15) is 0 Å². The van der Waals surface area contributed by atoms with Crippen LogP contribution in [0.3, 0.4) is 0 Å². The van der Waals surface area contributed by atoms with Gasteiger partial charge in [-0.25, -0.2) is 0 Å². The van der Waals surface area contributed by atoms with Crippen molar-refractivity contribution in [3.8, 4) is 0 Å². The van der Waals surface area contributed by atoms with Crippen molar-refractivity contribution >= 4 is 11.8 Å². The average molecular weight is 318 g/mol. The molecule has 0 amide bonds. The third-order valence-electron chi connectivity index (χ3n) is 3.64. The zero-order valence-corrected chi connectivity index (χ0v) is 12.9. The third-order valence-corrected chi connectivity index (χ3v) is 4.38. The van der Waals surface area contributed by atoms with Gasteiger partial charge < -0.3 is 10.2 Å². The van der Waals surface area contributed by atoms with Crippen molar-refractivity contribution in [1.82, 2.24) is 10.2 Å². The molecule has 1 aliphatic heterocycles. The number of benzene rings is 1. The molecule has 1 aromatic rings. The summed E-state index contributed by atoms with van der Waals surface area (Å²) in [5.41, 5.74) is -3.20. The number of thioether (sulfide) groups is 1. The van der Waals surface area contributed by atoms with Gasteiger partial charge >= 0.3 is 5.51 Å². The van der Waals surface area contributed by atoms with E-state index in [1.807, 2.05) is 0 Å². The van der Waals surface area contributed by atoms with E-state index in [0.717, 1.165) is 18.7 Å². The summed E-state index contributed by atoms with van der Waals surface area (Å²) in [6.07, 6.45) is 2.49. The SMILES string of the molecule is CN1CCCC(CNCc2ccc(SC(F)(F)F)cc2)C1. The molecule has 0 bridgehead atoms. The minimum Gasteiger partial charge on any atom is -0.312 e. The zero-order valence-electron chi connectivity index (χ0n) is 12.1. The zero-order chi connectivity index (χ0) is 15.3. The predicted molar refractivity (Wildman–Crippen MR) is 80.3 cm³/mol. The quantitative estimate of drug-likeness (QED) is 0.833. The minimum atomic E-state index is -4.22. The van der Waals surface area contributed by atoms with Crippen LogP contribution < -0.4 is 5.32 Å². The van der Waals surface area contributed by atoms with Crippen LogP contribution in [0.4, 0.5) is 13.2 Å². The van der Waals surface area contributed by atoms with Gasteiger partial charge in [0.15, 0.2) is 0 Å². The fourth-order valence-corrected chi connectivity index (χ4v) is 3.21. The van der Waals surface area contributed by atoms with Crippen molar-refractivity contribution in [2.24, 2.45) is 5.92 Å². The first-order valence-electron chi connectivity index (χ1n) is 7.16. The highest BCUT2D eigenvalue weighted by atomic mass is 32.2. The van der Waals surface area contributed by atoms with E-state index < -0.39 is 5.51 Å². The second kappa shape index (κ2) is 7.51. The van der Waals surface area contributed by atoms with Crippen molar-refractivity contribution < 1.29 is 13.2 Å². The van der Waals surface area contributed by atoms with E-state index in [1.165, 1.54) is 31.5 Å². The fourth-order valence-electron chi connectivity index (χ4n) is 2.67. The summed E-state index contributed by atoms with van der Waals surface area (Å²) in [6.45, 7) is 3.96. The maximum atomic E-state index is 12.2. The predicted octanol–water partition coefficient (Wildman–Crippen LogP) is 3.73. The summed E-state index contributed by atoms with van der Waals surface area (Å²) >= 11 is -0.0697. The topological polar surface area (TPSA) is 15.3 Å². The number of nitrogens with one attached hydrogen (secondary N) is 1. The highest BCUT2D eigenvalue weighted by Crippen LogP contribution is 2.36. The maximum absolute atomic E-state index is 12.2. The summed E-state index contributed by atoms with van der Waals surface area (Å²) in [5.74, 6) is 0.670. The van der Waals surface area contributed by atoms with E-state index in [-0.39, 0.29) is 16.7 Å². The molecule has 1 N–H and O–H groups in total. The van der Waals surface area contributed by atoms with Gasteiger partial charge in [-0.2, -0.15) is 13.2 Å². The molecule has 6 heteroatoms. The summed E-state index contributed by atoms with van der Waals surface area (Å²) in [7, 11) is 2.14. The molecule has 1 saturated heterocycles. The molecule has 0 aliphatic carbocycles. The van der Waals surface area contributed by atoms with Crippen LogP contribution in [-0.2, 0) is 6.54 Å². The van der Waals surface area contributed by atoms with Crippen molar-refractivity contribution in [2.75, 3.05) is 26.7 Å². The second-order valence-corrected chi connectivity index (χ2v) is 6.73. The number of hydrogen-bond acceptors (Lipinski definition) is 3. The average Bonchev–Trinajstić information content (AvgIpc) is 2.39. The second-order valence-electron chi connectivity index (χ2n) is 5.59. The molecule has 21 heavy (non-hydrogen) atoms. The molecule has 1 atom stereocenters. The molecule has 0 spiro atoms. The largest absolute Gasteiger partial charge is 0.446 e. The Labute approximate surface area is 128 Å². The number of likely N-dealkylation sites (tertiary alicyclic amines) is 1. The van der Waals surface area contributed by atoms with Gasteiger partial charge in [0.05, 0.1) is 0 Å². The lowest BCUT2D eigenvalue weighted by molar-refractivity contribution is -0.0328. The van der Waals surface area contributed by atoms with E-state index in [4.69, 9.17) is 0 Å². The molecule has 1 heterocycles. The standard InChI is InChI=1S/C15H21F3N2S/c1-20-8-2-3-13(11-20)10-19-9-12-4-6-14(7-5-12)21-15(16,17)18/h4-7,13,19H,2-3,8-11H2,1H3. The molecule has 2 rings (SSSR count). The van der Waals surface area contributed by atoms with Gasteiger partial charge in [-0.1, -0.05) is 12.1 Å². The van der Waals surface area contributed by atoms with Crippen molar-refractivity contribution in [2.45, 2.75) is 29.8 Å². The van der Waals surface area contributed by atoms with Crippen LogP contribution >= 0.6 is 11.8 Å². The Hall–Kier alpha value is -0.720. The summed E-state index contributed by atoms with van der Waals surface area (Å²) < 4.78 is 36.7. The summed E-state index contributed by atoms with van der Waals surface area (Å²) in [6, 6.07) is 6.58. The van der Waals surface area contributed by atoms with Crippen LogP contribution in [0, 0.1) is 5.92 Å². The Kier molecular flexibility index (Phi) is 5.96. The molecule has 2 nitrogen and oxygen atoms in total. The first-order valence-corrected chi connectivity index (χ1v) is 7.98. The van der Waals surface area contributed by atoms with Crippen LogP contribution in [0.25, 0.3) is 0 Å². The van der Waals surface area contributed by atoms with Crippen LogP contribution in [0.2, 0.25) is 0 Å². The molecule has 118 valence electrons. The Morgan fingerprint density at radius 2 is 2.00 bits per heavy atom. The number of piperidine rings is 1. The van der Waals surface area contributed by atoms with Gasteiger partial charge in [-0.3, -0.25) is 0 Å². The first kappa shape index (κ1) is 16.6. The van der Waals surface area contributed by atoms with Gasteiger partial charge in [-0.05, 0) is 68.4 Å². The van der Waals surface area contributed by atoms with E-state index in [2.05, 4.69) is 17.3 Å². The van der Waals surface area contributed by atoms with Crippen molar-refractivity contribution in [3.05, 3.63) is 29.8 Å². The minimum absolute atomic E-state index is 0.0697. The Bertz CT molecular complexity index is 434. The Morgan fingerprint density at radius 1 is 1.29 bits per heavy atom. The van der Waals surface area contributed by atoms with Crippen LogP contribution in [-0.4, -0.2) is 37.1 Å². The van der Waals surface area contributed by atoms with Crippen LogP contribution in [0.5, 0.6) is 0 Å². The van der Waals surface area contributed by atoms with Crippen molar-refractivity contribution in [3.63, 3.8) is 0 Å². The lowest BCUT2D eigenvalue weighted by atomic mass is 9.98. The highest BCUT2D eigenvalue weighted by molar-refractivity contribution is 8.00. The van der Waals surface area contributed by atoms with Gasteiger partial charge in [-0.15, -0.1) is 0 Å². The number of halogens is 3. The van der Waals surface area contributed by atoms with Crippen molar-refractivity contribution in [1.29, 1.82) is 0 Å². The van der Waals surface area contributed by atoms with Gasteiger partial charge in [0, 0.05) is 18.0 Å². The molecule has 0 saturated carbocycles. The van der Waals surface area contributed by atoms with E-state index >= 15 is 0 Å². The Balaban J connectivity index is 1.73. The van der Waals surface area contributed by atoms with E-state index in [0.29, 0.717) is 12.5 Å². The monoisotopic (exact) mass is 318 g/mol. The van der Waals surface area contributed by atoms with Gasteiger partial charge in [0.2, 0.25) is 0 Å². The number of nitrogens with zero attached hydrogens (tertiary/aromatic N) is 1. The number of alkyl halides is 3. The van der Waals surface area contributed by atoms with Crippen LogP contribution in [0.1, 0.15) is 18.4 Å². The molecule has 1 aliphatic rings. The smallest absolute Gasteiger partial charge is 0.312 e.